The van der Waals surface area contributed by atoms with E-state index >= 15 is 0 Å². The van der Waals surface area contributed by atoms with E-state index in [1.807, 2.05) is 48.5 Å². The second-order valence-electron chi connectivity index (χ2n) is 8.50. The van der Waals surface area contributed by atoms with E-state index in [-0.39, 0.29) is 18.3 Å². The summed E-state index contributed by atoms with van der Waals surface area (Å²) in [6, 6.07) is 17.0. The maximum absolute atomic E-state index is 13.2. The molecule has 37 heavy (non-hydrogen) atoms. The number of amides is 1. The third-order valence-electron chi connectivity index (χ3n) is 6.25. The topological polar surface area (TPSA) is 104 Å². The first-order chi connectivity index (χ1) is 17.6. The largest absolute Gasteiger partial charge is 0.390 e. The van der Waals surface area contributed by atoms with E-state index in [9.17, 15) is 4.79 Å². The van der Waals surface area contributed by atoms with Crippen LogP contribution in [-0.2, 0) is 0 Å². The fourth-order valence-electron chi connectivity index (χ4n) is 4.38. The first kappa shape index (κ1) is 26.4. The number of hydrogen-bond donors (Lipinski definition) is 2. The Bertz CT molecular complexity index is 1400. The molecule has 192 valence electrons. The number of aliphatic imine (C=N–C) groups is 1. The second-order valence-corrected chi connectivity index (χ2v) is 8.94. The van der Waals surface area contributed by atoms with Gasteiger partial charge in [-0.2, -0.15) is 5.10 Å². The van der Waals surface area contributed by atoms with Gasteiger partial charge in [0.2, 0.25) is 0 Å². The molecular weight excluding hydrogens is 511 g/mol. The number of aromatic nitrogens is 3. The first-order valence-corrected chi connectivity index (χ1v) is 12.2. The van der Waals surface area contributed by atoms with Crippen molar-refractivity contribution in [3.05, 3.63) is 77.7 Å². The Morgan fingerprint density at radius 1 is 1.11 bits per heavy atom. The quantitative estimate of drug-likeness (QED) is 0.273. The Balaban J connectivity index is 0.00000320. The molecule has 0 atom stereocenters. The number of anilines is 2. The first-order valence-electron chi connectivity index (χ1n) is 11.8. The van der Waals surface area contributed by atoms with Crippen LogP contribution in [0.3, 0.4) is 0 Å². The van der Waals surface area contributed by atoms with Crippen molar-refractivity contribution in [3.8, 4) is 11.1 Å². The maximum Gasteiger partial charge on any atom is 0.274 e. The molecule has 3 N–H and O–H groups in total. The molecule has 1 aliphatic heterocycles. The summed E-state index contributed by atoms with van der Waals surface area (Å²) in [5, 5.41) is 8.06. The normalized spacial score (nSPS) is 14.1. The number of para-hydroxylation sites is 2. The monoisotopic (exact) mass is 538 g/mol. The average Bonchev–Trinajstić information content (AvgIpc) is 3.33. The van der Waals surface area contributed by atoms with Gasteiger partial charge in [0.15, 0.2) is 5.65 Å². The second kappa shape index (κ2) is 12.1. The van der Waals surface area contributed by atoms with Crippen LogP contribution in [-0.4, -0.2) is 71.0 Å². The predicted molar refractivity (Wildman–Crippen MR) is 151 cm³/mol. The molecule has 1 fully saturated rings. The van der Waals surface area contributed by atoms with Gasteiger partial charge < -0.3 is 16.0 Å². The Kier molecular flexibility index (Phi) is 8.60. The number of benzene rings is 2. The molecule has 1 amide bonds. The van der Waals surface area contributed by atoms with Gasteiger partial charge >= 0.3 is 0 Å². The lowest BCUT2D eigenvalue weighted by atomic mass is 10.1. The Morgan fingerprint density at radius 2 is 1.92 bits per heavy atom. The van der Waals surface area contributed by atoms with Crippen molar-refractivity contribution in [2.75, 3.05) is 49.5 Å². The minimum Gasteiger partial charge on any atom is -0.390 e. The van der Waals surface area contributed by atoms with Crippen molar-refractivity contribution in [2.45, 2.75) is 0 Å². The van der Waals surface area contributed by atoms with Crippen LogP contribution in [0.25, 0.3) is 16.8 Å². The van der Waals surface area contributed by atoms with Gasteiger partial charge in [0.25, 0.3) is 5.91 Å². The highest BCUT2D eigenvalue weighted by atomic mass is 35.5. The molecule has 0 saturated carbocycles. The number of fused-ring (bicyclic) bond motifs is 1. The third-order valence-corrected chi connectivity index (χ3v) is 6.49. The highest BCUT2D eigenvalue weighted by Crippen LogP contribution is 2.28. The minimum absolute atomic E-state index is 0. The van der Waals surface area contributed by atoms with Crippen molar-refractivity contribution in [2.24, 2.45) is 10.7 Å². The van der Waals surface area contributed by atoms with E-state index in [0.29, 0.717) is 22.9 Å². The number of nitrogens with one attached hydrogen (secondary N) is 1. The Labute approximate surface area is 226 Å². The van der Waals surface area contributed by atoms with E-state index in [1.165, 1.54) is 6.34 Å². The van der Waals surface area contributed by atoms with E-state index in [0.717, 1.165) is 55.2 Å². The summed E-state index contributed by atoms with van der Waals surface area (Å²) in [4.78, 5) is 26.6. The zero-order valence-electron chi connectivity index (χ0n) is 20.1. The van der Waals surface area contributed by atoms with Crippen LogP contribution in [0.1, 0.15) is 10.5 Å². The van der Waals surface area contributed by atoms with Crippen LogP contribution in [0.4, 0.5) is 11.4 Å². The highest BCUT2D eigenvalue weighted by Gasteiger charge is 2.20. The SMILES string of the molecule is Cl.NC=NCCN1CCN(c2ccccc2NC(=O)c2ccn3ncc(-c4cccc(Cl)c4)c3n2)CC1. The van der Waals surface area contributed by atoms with Gasteiger partial charge in [0.1, 0.15) is 5.69 Å². The van der Waals surface area contributed by atoms with Gasteiger partial charge in [-0.15, -0.1) is 12.4 Å². The van der Waals surface area contributed by atoms with Crippen LogP contribution in [0.5, 0.6) is 0 Å². The van der Waals surface area contributed by atoms with Crippen molar-refractivity contribution < 1.29 is 4.79 Å². The molecule has 0 spiro atoms. The predicted octanol–water partition coefficient (Wildman–Crippen LogP) is 3.83. The smallest absolute Gasteiger partial charge is 0.274 e. The molecule has 3 heterocycles. The average molecular weight is 539 g/mol. The van der Waals surface area contributed by atoms with Crippen molar-refractivity contribution in [3.63, 3.8) is 0 Å². The lowest BCUT2D eigenvalue weighted by Gasteiger charge is -2.36. The molecule has 2 aromatic heterocycles. The zero-order valence-corrected chi connectivity index (χ0v) is 21.7. The van der Waals surface area contributed by atoms with Gasteiger partial charge in [-0.25, -0.2) is 9.50 Å². The van der Waals surface area contributed by atoms with Crippen LogP contribution < -0.4 is 16.0 Å². The van der Waals surface area contributed by atoms with E-state index in [2.05, 4.69) is 30.2 Å². The molecule has 5 rings (SSSR count). The molecule has 1 saturated heterocycles. The lowest BCUT2D eigenvalue weighted by Crippen LogP contribution is -2.47. The van der Waals surface area contributed by atoms with Gasteiger partial charge in [0.05, 0.1) is 30.5 Å². The third kappa shape index (κ3) is 6.02. The summed E-state index contributed by atoms with van der Waals surface area (Å²) in [7, 11) is 0. The van der Waals surface area contributed by atoms with Crippen LogP contribution in [0.15, 0.2) is 72.0 Å². The molecule has 11 heteroatoms. The summed E-state index contributed by atoms with van der Waals surface area (Å²) < 4.78 is 1.65. The fraction of sp³-hybridized carbons (Fsp3) is 0.231. The standard InChI is InChI=1S/C26H27ClN8O.ClH/c27-20-5-3-4-19(16-20)21-17-30-35-10-8-23(31-25(21)35)26(36)32-22-6-1-2-7-24(22)34-14-12-33(13-15-34)11-9-29-18-28;/h1-8,10,16-18H,9,11-15H2,(H2,28,29)(H,32,36);1H. The van der Waals surface area contributed by atoms with Crippen molar-refractivity contribution in [1.29, 1.82) is 0 Å². The number of nitrogens with two attached hydrogens (primary N) is 1. The van der Waals surface area contributed by atoms with Gasteiger partial charge in [-0.3, -0.25) is 14.7 Å². The van der Waals surface area contributed by atoms with Crippen LogP contribution in [0.2, 0.25) is 5.02 Å². The minimum atomic E-state index is -0.276. The van der Waals surface area contributed by atoms with Crippen LogP contribution >= 0.6 is 24.0 Å². The number of carbonyl (C=O) groups excluding carboxylic acids is 1. The van der Waals surface area contributed by atoms with Crippen molar-refractivity contribution in [1.82, 2.24) is 19.5 Å². The van der Waals surface area contributed by atoms with E-state index in [1.54, 1.807) is 23.0 Å². The Hall–Kier alpha value is -3.66. The molecule has 4 aromatic rings. The number of hydrogen-bond acceptors (Lipinski definition) is 6. The van der Waals surface area contributed by atoms with Crippen molar-refractivity contribution >= 4 is 53.3 Å². The van der Waals surface area contributed by atoms with E-state index < -0.39 is 0 Å². The molecule has 0 unspecified atom stereocenters. The molecule has 2 aromatic carbocycles. The summed E-state index contributed by atoms with van der Waals surface area (Å²) in [6.07, 6.45) is 4.82. The zero-order chi connectivity index (χ0) is 24.9. The van der Waals surface area contributed by atoms with Gasteiger partial charge in [0, 0.05) is 49.5 Å². The maximum atomic E-state index is 13.2. The molecule has 0 bridgehead atoms. The Morgan fingerprint density at radius 3 is 2.70 bits per heavy atom. The molecular formula is C26H28Cl2N8O. The molecule has 0 aliphatic carbocycles. The number of rotatable bonds is 7. The van der Waals surface area contributed by atoms with Gasteiger partial charge in [-0.1, -0.05) is 35.9 Å². The summed E-state index contributed by atoms with van der Waals surface area (Å²) >= 11 is 6.17. The molecule has 9 nitrogen and oxygen atoms in total. The lowest BCUT2D eigenvalue weighted by molar-refractivity contribution is 0.102. The number of halogens is 2. The number of piperazine rings is 1. The summed E-state index contributed by atoms with van der Waals surface area (Å²) in [6.45, 7) is 5.17. The van der Waals surface area contributed by atoms with Gasteiger partial charge in [-0.05, 0) is 35.9 Å². The summed E-state index contributed by atoms with van der Waals surface area (Å²) in [5.74, 6) is -0.276. The fourth-order valence-corrected chi connectivity index (χ4v) is 4.57. The molecule has 0 radical (unpaired) electrons. The van der Waals surface area contributed by atoms with Crippen LogP contribution in [0, 0.1) is 0 Å². The van der Waals surface area contributed by atoms with E-state index in [4.69, 9.17) is 17.3 Å². The number of carbonyl (C=O) groups is 1. The number of nitrogens with zero attached hydrogens (tertiary/aromatic N) is 6. The molecule has 1 aliphatic rings. The highest BCUT2D eigenvalue weighted by molar-refractivity contribution is 6.30. The summed E-state index contributed by atoms with van der Waals surface area (Å²) in [5.41, 5.74) is 9.69.